The van der Waals surface area contributed by atoms with Gasteiger partial charge in [-0.05, 0) is 36.1 Å². The van der Waals surface area contributed by atoms with Crippen molar-refractivity contribution in [3.05, 3.63) is 59.7 Å². The standard InChI is InChI=1S/C28H35N4O8P/c1-4-40-41(37,38)17-32(25(33)15-31-13-18(2)26(34)30-27(31)35)14-19(3)29-28(36)39-16-24-22-11-7-5-9-20(22)21-10-6-8-12-23(21)24/h5-12,18-19,24H,4,13-17H2,1-3H3,(H,29,36)(H,37,38)(H,30,34,35)/t18?,19-/m0/s1. The van der Waals surface area contributed by atoms with E-state index in [0.717, 1.165) is 32.1 Å². The summed E-state index contributed by atoms with van der Waals surface area (Å²) in [7, 11) is -4.18. The number of rotatable bonds is 11. The highest BCUT2D eigenvalue weighted by molar-refractivity contribution is 7.52. The molecule has 41 heavy (non-hydrogen) atoms. The molecule has 0 spiro atoms. The Balaban J connectivity index is 1.38. The number of urea groups is 1. The van der Waals surface area contributed by atoms with Crippen LogP contribution in [0, 0.1) is 5.92 Å². The minimum absolute atomic E-state index is 0.0278. The number of ether oxygens (including phenoxy) is 1. The monoisotopic (exact) mass is 586 g/mol. The van der Waals surface area contributed by atoms with Crippen LogP contribution in [0.25, 0.3) is 11.1 Å². The predicted octanol–water partition coefficient (Wildman–Crippen LogP) is 3.11. The Morgan fingerprint density at radius 3 is 2.37 bits per heavy atom. The highest BCUT2D eigenvalue weighted by atomic mass is 31.2. The van der Waals surface area contributed by atoms with Crippen LogP contribution in [-0.2, 0) is 23.4 Å². The van der Waals surface area contributed by atoms with E-state index in [-0.39, 0.29) is 32.2 Å². The van der Waals surface area contributed by atoms with Gasteiger partial charge in [0.15, 0.2) is 0 Å². The maximum atomic E-state index is 13.2. The Bertz CT molecular complexity index is 1320. The molecule has 4 rings (SSSR count). The fourth-order valence-electron chi connectivity index (χ4n) is 5.12. The van der Waals surface area contributed by atoms with Crippen LogP contribution in [0.3, 0.4) is 0 Å². The molecule has 12 nitrogen and oxygen atoms in total. The maximum absolute atomic E-state index is 13.2. The first-order valence-corrected chi connectivity index (χ1v) is 15.2. The fourth-order valence-corrected chi connectivity index (χ4v) is 6.31. The number of fused-ring (bicyclic) bond motifs is 3. The van der Waals surface area contributed by atoms with E-state index >= 15 is 0 Å². The molecule has 0 saturated carbocycles. The number of alkyl carbamates (subject to hydrolysis) is 1. The third-order valence-electron chi connectivity index (χ3n) is 7.02. The summed E-state index contributed by atoms with van der Waals surface area (Å²) in [5, 5.41) is 4.86. The minimum Gasteiger partial charge on any atom is -0.449 e. The molecular formula is C28H35N4O8P. The van der Waals surface area contributed by atoms with E-state index in [1.165, 1.54) is 0 Å². The van der Waals surface area contributed by atoms with Crippen molar-refractivity contribution in [2.75, 3.05) is 39.1 Å². The van der Waals surface area contributed by atoms with Crippen molar-refractivity contribution >= 4 is 31.5 Å². The molecule has 2 aromatic rings. The number of nitrogens with one attached hydrogen (secondary N) is 2. The van der Waals surface area contributed by atoms with Crippen LogP contribution in [0.1, 0.15) is 37.8 Å². The van der Waals surface area contributed by atoms with Crippen molar-refractivity contribution in [3.8, 4) is 11.1 Å². The molecule has 13 heteroatoms. The quantitative estimate of drug-likeness (QED) is 0.340. The molecule has 1 fully saturated rings. The number of nitrogens with zero attached hydrogens (tertiary/aromatic N) is 2. The van der Waals surface area contributed by atoms with Crippen LogP contribution in [0.4, 0.5) is 9.59 Å². The van der Waals surface area contributed by atoms with Crippen molar-refractivity contribution in [3.63, 3.8) is 0 Å². The van der Waals surface area contributed by atoms with Gasteiger partial charge in [-0.1, -0.05) is 55.5 Å². The Hall–Kier alpha value is -3.73. The first-order chi connectivity index (χ1) is 19.5. The summed E-state index contributed by atoms with van der Waals surface area (Å²) in [6.07, 6.45) is -1.34. The van der Waals surface area contributed by atoms with Crippen molar-refractivity contribution < 1.29 is 37.9 Å². The zero-order chi connectivity index (χ0) is 29.7. The number of amides is 5. The summed E-state index contributed by atoms with van der Waals surface area (Å²) in [6, 6.07) is 14.5. The Morgan fingerprint density at radius 1 is 1.15 bits per heavy atom. The van der Waals surface area contributed by atoms with E-state index in [1.807, 2.05) is 48.5 Å². The van der Waals surface area contributed by atoms with Crippen molar-refractivity contribution in [1.82, 2.24) is 20.4 Å². The van der Waals surface area contributed by atoms with Gasteiger partial charge in [0.05, 0.1) is 12.5 Å². The average Bonchev–Trinajstić information content (AvgIpc) is 3.23. The van der Waals surface area contributed by atoms with E-state index < -0.39 is 56.3 Å². The number of hydrogen-bond acceptors (Lipinski definition) is 7. The van der Waals surface area contributed by atoms with Gasteiger partial charge in [0, 0.05) is 25.0 Å². The van der Waals surface area contributed by atoms with Crippen LogP contribution in [0.15, 0.2) is 48.5 Å². The van der Waals surface area contributed by atoms with Crippen LogP contribution >= 0.6 is 7.60 Å². The summed E-state index contributed by atoms with van der Waals surface area (Å²) in [6.45, 7) is 4.31. The Labute approximate surface area is 238 Å². The lowest BCUT2D eigenvalue weighted by atomic mass is 9.98. The van der Waals surface area contributed by atoms with Crippen molar-refractivity contribution in [2.24, 2.45) is 5.92 Å². The summed E-state index contributed by atoms with van der Waals surface area (Å²) in [5.74, 6) is -1.72. The topological polar surface area (TPSA) is 155 Å². The summed E-state index contributed by atoms with van der Waals surface area (Å²) in [5.41, 5.74) is 4.34. The molecule has 3 N–H and O–H groups in total. The summed E-state index contributed by atoms with van der Waals surface area (Å²) < 4.78 is 23.0. The predicted molar refractivity (Wildman–Crippen MR) is 150 cm³/mol. The number of hydrogen-bond donors (Lipinski definition) is 3. The highest BCUT2D eigenvalue weighted by Crippen LogP contribution is 2.44. The average molecular weight is 587 g/mol. The molecule has 0 aromatic heterocycles. The lowest BCUT2D eigenvalue weighted by Gasteiger charge is -2.33. The zero-order valence-electron chi connectivity index (χ0n) is 23.2. The smallest absolute Gasteiger partial charge is 0.407 e. The largest absolute Gasteiger partial charge is 0.449 e. The minimum atomic E-state index is -4.18. The number of carbonyl (C=O) groups excluding carboxylic acids is 4. The second-order valence-electron chi connectivity index (χ2n) is 10.3. The molecule has 1 aliphatic carbocycles. The molecule has 3 atom stereocenters. The molecular weight excluding hydrogens is 551 g/mol. The Kier molecular flexibility index (Phi) is 9.47. The van der Waals surface area contributed by atoms with Gasteiger partial charge in [0.2, 0.25) is 11.8 Å². The zero-order valence-corrected chi connectivity index (χ0v) is 24.1. The first kappa shape index (κ1) is 30.2. The number of imide groups is 1. The summed E-state index contributed by atoms with van der Waals surface area (Å²) >= 11 is 0. The lowest BCUT2D eigenvalue weighted by Crippen LogP contribution is -2.56. The molecule has 2 unspecified atom stereocenters. The van der Waals surface area contributed by atoms with Gasteiger partial charge in [-0.25, -0.2) is 9.59 Å². The number of carbonyl (C=O) groups is 4. The SMILES string of the molecule is CCOP(=O)(O)CN(C[C@H](C)NC(=O)OCC1c2ccccc2-c2ccccc21)C(=O)CN1CC(C)C(=O)NC1=O. The van der Waals surface area contributed by atoms with E-state index in [1.54, 1.807) is 20.8 Å². The molecule has 1 saturated heterocycles. The van der Waals surface area contributed by atoms with E-state index in [0.29, 0.717) is 0 Å². The van der Waals surface area contributed by atoms with E-state index in [4.69, 9.17) is 9.26 Å². The second-order valence-corrected chi connectivity index (χ2v) is 12.1. The van der Waals surface area contributed by atoms with Crippen LogP contribution in [-0.4, -0.2) is 83.8 Å². The van der Waals surface area contributed by atoms with Crippen molar-refractivity contribution in [2.45, 2.75) is 32.7 Å². The van der Waals surface area contributed by atoms with Crippen LogP contribution in [0.2, 0.25) is 0 Å². The normalized spacial score (nSPS) is 18.5. The molecule has 0 radical (unpaired) electrons. The lowest BCUT2D eigenvalue weighted by molar-refractivity contribution is -0.133. The first-order valence-electron chi connectivity index (χ1n) is 13.4. The van der Waals surface area contributed by atoms with Crippen molar-refractivity contribution in [1.29, 1.82) is 0 Å². The van der Waals surface area contributed by atoms with Gasteiger partial charge in [0.25, 0.3) is 0 Å². The molecule has 0 bridgehead atoms. The molecule has 5 amide bonds. The van der Waals surface area contributed by atoms with Gasteiger partial charge in [-0.15, -0.1) is 0 Å². The molecule has 220 valence electrons. The maximum Gasteiger partial charge on any atom is 0.407 e. The number of benzene rings is 2. The molecule has 2 aliphatic rings. The van der Waals surface area contributed by atoms with Crippen LogP contribution < -0.4 is 10.6 Å². The van der Waals surface area contributed by atoms with Gasteiger partial charge in [-0.3, -0.25) is 19.5 Å². The summed E-state index contributed by atoms with van der Waals surface area (Å²) in [4.78, 5) is 62.3. The Morgan fingerprint density at radius 2 is 1.76 bits per heavy atom. The third-order valence-corrected chi connectivity index (χ3v) is 8.38. The van der Waals surface area contributed by atoms with Gasteiger partial charge >= 0.3 is 19.7 Å². The van der Waals surface area contributed by atoms with Gasteiger partial charge in [0.1, 0.15) is 19.4 Å². The van der Waals surface area contributed by atoms with E-state index in [2.05, 4.69) is 10.6 Å². The van der Waals surface area contributed by atoms with E-state index in [9.17, 15) is 28.6 Å². The molecule has 1 aliphatic heterocycles. The molecule has 1 heterocycles. The third kappa shape index (κ3) is 7.32. The van der Waals surface area contributed by atoms with Crippen LogP contribution in [0.5, 0.6) is 0 Å². The second kappa shape index (κ2) is 12.8. The molecule has 2 aromatic carbocycles. The van der Waals surface area contributed by atoms with Gasteiger partial charge < -0.3 is 29.3 Å². The fraction of sp³-hybridized carbons (Fsp3) is 0.429. The highest BCUT2D eigenvalue weighted by Gasteiger charge is 2.34. The van der Waals surface area contributed by atoms with Gasteiger partial charge in [-0.2, -0.15) is 0 Å².